The van der Waals surface area contributed by atoms with Gasteiger partial charge in [0.25, 0.3) is 0 Å². The van der Waals surface area contributed by atoms with Gasteiger partial charge in [-0.05, 0) is 70.1 Å². The van der Waals surface area contributed by atoms with E-state index in [0.717, 1.165) is 11.5 Å². The van der Waals surface area contributed by atoms with Crippen molar-refractivity contribution in [2.24, 2.45) is 5.41 Å². The SMILES string of the molecule is C1CCN(C2CC3(CCNCC3)C2)CC1. The Morgan fingerprint density at radius 3 is 2.27 bits per heavy atom. The van der Waals surface area contributed by atoms with E-state index >= 15 is 0 Å². The first-order chi connectivity index (χ1) is 7.38. The van der Waals surface area contributed by atoms with Crippen LogP contribution < -0.4 is 5.32 Å². The predicted molar refractivity (Wildman–Crippen MR) is 63.0 cm³/mol. The van der Waals surface area contributed by atoms with Gasteiger partial charge in [0.1, 0.15) is 0 Å². The fraction of sp³-hybridized carbons (Fsp3) is 1.00. The molecule has 0 bridgehead atoms. The molecule has 0 aromatic rings. The van der Waals surface area contributed by atoms with E-state index in [0.29, 0.717) is 0 Å². The normalized spacial score (nSPS) is 32.8. The van der Waals surface area contributed by atoms with Crippen LogP contribution in [0.3, 0.4) is 0 Å². The molecule has 1 aliphatic carbocycles. The second kappa shape index (κ2) is 4.06. The zero-order valence-corrected chi connectivity index (χ0v) is 9.80. The van der Waals surface area contributed by atoms with Crippen molar-refractivity contribution in [3.63, 3.8) is 0 Å². The van der Waals surface area contributed by atoms with Crippen LogP contribution in [0.15, 0.2) is 0 Å². The first-order valence-electron chi connectivity index (χ1n) is 6.83. The van der Waals surface area contributed by atoms with Crippen LogP contribution in [0.1, 0.15) is 44.9 Å². The monoisotopic (exact) mass is 208 g/mol. The van der Waals surface area contributed by atoms with Crippen molar-refractivity contribution in [1.29, 1.82) is 0 Å². The third-order valence-electron chi connectivity index (χ3n) is 4.91. The van der Waals surface area contributed by atoms with E-state index in [2.05, 4.69) is 10.2 Å². The topological polar surface area (TPSA) is 15.3 Å². The number of nitrogens with one attached hydrogen (secondary N) is 1. The van der Waals surface area contributed by atoms with Crippen molar-refractivity contribution in [2.75, 3.05) is 26.2 Å². The number of hydrogen-bond donors (Lipinski definition) is 1. The molecule has 2 heteroatoms. The van der Waals surface area contributed by atoms with E-state index in [4.69, 9.17) is 0 Å². The Morgan fingerprint density at radius 1 is 0.933 bits per heavy atom. The highest BCUT2D eigenvalue weighted by molar-refractivity contribution is 5.00. The lowest BCUT2D eigenvalue weighted by Crippen LogP contribution is -2.55. The largest absolute Gasteiger partial charge is 0.317 e. The van der Waals surface area contributed by atoms with E-state index in [9.17, 15) is 0 Å². The van der Waals surface area contributed by atoms with Crippen molar-refractivity contribution < 1.29 is 0 Å². The fourth-order valence-electron chi connectivity index (χ4n) is 3.85. The van der Waals surface area contributed by atoms with E-state index in [-0.39, 0.29) is 0 Å². The van der Waals surface area contributed by atoms with Crippen LogP contribution in [0, 0.1) is 5.41 Å². The molecule has 86 valence electrons. The molecule has 0 atom stereocenters. The highest BCUT2D eigenvalue weighted by Gasteiger charge is 2.46. The van der Waals surface area contributed by atoms with Gasteiger partial charge in [-0.2, -0.15) is 0 Å². The summed E-state index contributed by atoms with van der Waals surface area (Å²) in [5, 5.41) is 3.49. The zero-order chi connectivity index (χ0) is 10.1. The molecule has 2 nitrogen and oxygen atoms in total. The Bertz CT molecular complexity index is 207. The summed E-state index contributed by atoms with van der Waals surface area (Å²) in [4.78, 5) is 2.77. The Hall–Kier alpha value is -0.0800. The molecule has 0 unspecified atom stereocenters. The zero-order valence-electron chi connectivity index (χ0n) is 9.80. The van der Waals surface area contributed by atoms with Crippen LogP contribution in [0.4, 0.5) is 0 Å². The Labute approximate surface area is 93.4 Å². The highest BCUT2D eigenvalue weighted by Crippen LogP contribution is 2.50. The van der Waals surface area contributed by atoms with Gasteiger partial charge in [-0.1, -0.05) is 6.42 Å². The average molecular weight is 208 g/mol. The number of likely N-dealkylation sites (tertiary alicyclic amines) is 1. The van der Waals surface area contributed by atoms with E-state index in [1.807, 2.05) is 0 Å². The molecule has 3 rings (SSSR count). The molecule has 1 N–H and O–H groups in total. The van der Waals surface area contributed by atoms with E-state index in [1.165, 1.54) is 71.1 Å². The Kier molecular flexibility index (Phi) is 2.73. The molecular weight excluding hydrogens is 184 g/mol. The maximum atomic E-state index is 3.49. The third-order valence-corrected chi connectivity index (χ3v) is 4.91. The fourth-order valence-corrected chi connectivity index (χ4v) is 3.85. The number of rotatable bonds is 1. The second-order valence-corrected chi connectivity index (χ2v) is 5.91. The van der Waals surface area contributed by atoms with Gasteiger partial charge < -0.3 is 10.2 Å². The minimum atomic E-state index is 0.771. The number of nitrogens with zero attached hydrogens (tertiary/aromatic N) is 1. The molecular formula is C13H24N2. The molecule has 0 aromatic heterocycles. The first-order valence-corrected chi connectivity index (χ1v) is 6.83. The summed E-state index contributed by atoms with van der Waals surface area (Å²) in [5.74, 6) is 0. The summed E-state index contributed by atoms with van der Waals surface area (Å²) in [7, 11) is 0. The van der Waals surface area contributed by atoms with Gasteiger partial charge in [0.05, 0.1) is 0 Å². The van der Waals surface area contributed by atoms with Gasteiger partial charge in [-0.3, -0.25) is 0 Å². The van der Waals surface area contributed by atoms with Crippen molar-refractivity contribution in [2.45, 2.75) is 51.0 Å². The summed E-state index contributed by atoms with van der Waals surface area (Å²) in [6.07, 6.45) is 10.3. The van der Waals surface area contributed by atoms with Crippen LogP contribution >= 0.6 is 0 Å². The van der Waals surface area contributed by atoms with Crippen LogP contribution in [0.25, 0.3) is 0 Å². The van der Waals surface area contributed by atoms with E-state index in [1.54, 1.807) is 0 Å². The lowest BCUT2D eigenvalue weighted by atomic mass is 9.60. The minimum Gasteiger partial charge on any atom is -0.317 e. The summed E-state index contributed by atoms with van der Waals surface area (Å²) >= 11 is 0. The third kappa shape index (κ3) is 1.94. The van der Waals surface area contributed by atoms with Crippen molar-refractivity contribution in [1.82, 2.24) is 10.2 Å². The van der Waals surface area contributed by atoms with Crippen LogP contribution in [-0.2, 0) is 0 Å². The number of piperidine rings is 2. The average Bonchev–Trinajstić information content (AvgIpc) is 2.28. The predicted octanol–water partition coefficient (Wildman–Crippen LogP) is 2.00. The van der Waals surface area contributed by atoms with E-state index < -0.39 is 0 Å². The smallest absolute Gasteiger partial charge is 0.0106 e. The van der Waals surface area contributed by atoms with Gasteiger partial charge in [0.15, 0.2) is 0 Å². The summed E-state index contributed by atoms with van der Waals surface area (Å²) in [6.45, 7) is 5.32. The molecule has 1 saturated carbocycles. The standard InChI is InChI=1S/C13H24N2/c1-2-8-15(9-3-1)12-10-13(11-12)4-6-14-7-5-13/h12,14H,1-11H2. The molecule has 3 fully saturated rings. The van der Waals surface area contributed by atoms with Gasteiger partial charge in [0, 0.05) is 6.04 Å². The lowest BCUT2D eigenvalue weighted by Gasteiger charge is -2.54. The molecule has 2 saturated heterocycles. The van der Waals surface area contributed by atoms with Gasteiger partial charge in [-0.25, -0.2) is 0 Å². The summed E-state index contributed by atoms with van der Waals surface area (Å²) in [5.41, 5.74) is 0.771. The summed E-state index contributed by atoms with van der Waals surface area (Å²) in [6, 6.07) is 0.961. The first kappa shape index (κ1) is 10.1. The van der Waals surface area contributed by atoms with Gasteiger partial charge >= 0.3 is 0 Å². The van der Waals surface area contributed by atoms with Crippen LogP contribution in [-0.4, -0.2) is 37.1 Å². The van der Waals surface area contributed by atoms with Gasteiger partial charge in [0.2, 0.25) is 0 Å². The van der Waals surface area contributed by atoms with Crippen LogP contribution in [0.5, 0.6) is 0 Å². The van der Waals surface area contributed by atoms with Crippen molar-refractivity contribution in [3.05, 3.63) is 0 Å². The molecule has 2 heterocycles. The molecule has 0 amide bonds. The van der Waals surface area contributed by atoms with Gasteiger partial charge in [-0.15, -0.1) is 0 Å². The second-order valence-electron chi connectivity index (χ2n) is 5.91. The van der Waals surface area contributed by atoms with Crippen LogP contribution in [0.2, 0.25) is 0 Å². The minimum absolute atomic E-state index is 0.771. The lowest BCUT2D eigenvalue weighted by molar-refractivity contribution is -0.0272. The molecule has 15 heavy (non-hydrogen) atoms. The molecule has 0 radical (unpaired) electrons. The Balaban J connectivity index is 1.51. The Morgan fingerprint density at radius 2 is 1.60 bits per heavy atom. The molecule has 3 aliphatic rings. The maximum Gasteiger partial charge on any atom is 0.0106 e. The molecule has 0 aromatic carbocycles. The van der Waals surface area contributed by atoms with Crippen molar-refractivity contribution in [3.8, 4) is 0 Å². The van der Waals surface area contributed by atoms with Crippen molar-refractivity contribution >= 4 is 0 Å². The highest BCUT2D eigenvalue weighted by atomic mass is 15.2. The maximum absolute atomic E-state index is 3.49. The quantitative estimate of drug-likeness (QED) is 0.709. The molecule has 1 spiro atoms. The molecule has 2 aliphatic heterocycles. The number of hydrogen-bond acceptors (Lipinski definition) is 2. The summed E-state index contributed by atoms with van der Waals surface area (Å²) < 4.78 is 0.